The van der Waals surface area contributed by atoms with Crippen LogP contribution in [0.25, 0.3) is 17.5 Å². The van der Waals surface area contributed by atoms with E-state index in [9.17, 15) is 0 Å². The van der Waals surface area contributed by atoms with E-state index in [-0.39, 0.29) is 0 Å². The Labute approximate surface area is 164 Å². The lowest BCUT2D eigenvalue weighted by Gasteiger charge is -2.23. The Morgan fingerprint density at radius 3 is 2.80 bits per heavy atom. The van der Waals surface area contributed by atoms with Crippen molar-refractivity contribution >= 4 is 45.2 Å². The Hall–Kier alpha value is -1.75. The van der Waals surface area contributed by atoms with E-state index >= 15 is 0 Å². The van der Waals surface area contributed by atoms with E-state index in [1.807, 2.05) is 36.4 Å². The second-order valence-corrected chi connectivity index (χ2v) is 7.66. The Morgan fingerprint density at radius 1 is 1.12 bits per heavy atom. The number of aromatic amines is 1. The molecule has 0 unspecified atom stereocenters. The highest BCUT2D eigenvalue weighted by Gasteiger charge is 2.16. The van der Waals surface area contributed by atoms with Gasteiger partial charge in [-0.3, -0.25) is 0 Å². The largest absolute Gasteiger partial charge is 0.367 e. The first-order chi connectivity index (χ1) is 12.1. The van der Waals surface area contributed by atoms with Crippen LogP contribution in [0.3, 0.4) is 0 Å². The first-order valence-corrected chi connectivity index (χ1v) is 9.34. The molecule has 3 nitrogen and oxygen atoms in total. The highest BCUT2D eigenvalue weighted by molar-refractivity contribution is 9.10. The average Bonchev–Trinajstić information content (AvgIpc) is 3.02. The molecule has 0 radical (unpaired) electrons. The molecule has 0 amide bonds. The number of hydrogen-bond acceptors (Lipinski definition) is 2. The van der Waals surface area contributed by atoms with Crippen molar-refractivity contribution in [2.45, 2.75) is 13.1 Å². The molecule has 0 atom stereocenters. The van der Waals surface area contributed by atoms with Crippen molar-refractivity contribution in [2.24, 2.45) is 0 Å². The van der Waals surface area contributed by atoms with Gasteiger partial charge in [0.05, 0.1) is 28.0 Å². The van der Waals surface area contributed by atoms with E-state index in [0.29, 0.717) is 10.0 Å². The molecule has 0 saturated heterocycles. The number of imidazole rings is 1. The fourth-order valence-corrected chi connectivity index (χ4v) is 3.58. The number of H-pyrrole nitrogens is 1. The summed E-state index contributed by atoms with van der Waals surface area (Å²) < 4.78 is 1.04. The van der Waals surface area contributed by atoms with Crippen molar-refractivity contribution in [3.05, 3.63) is 80.1 Å². The van der Waals surface area contributed by atoms with Gasteiger partial charge in [0.1, 0.15) is 5.82 Å². The summed E-state index contributed by atoms with van der Waals surface area (Å²) in [5, 5.41) is 1.16. The summed E-state index contributed by atoms with van der Waals surface area (Å²) in [6, 6.07) is 13.9. The van der Waals surface area contributed by atoms with Gasteiger partial charge in [0.2, 0.25) is 0 Å². The van der Waals surface area contributed by atoms with Gasteiger partial charge >= 0.3 is 0 Å². The van der Waals surface area contributed by atoms with Crippen molar-refractivity contribution in [1.82, 2.24) is 14.9 Å². The monoisotopic (exact) mass is 433 g/mol. The molecule has 3 aromatic rings. The van der Waals surface area contributed by atoms with E-state index in [1.54, 1.807) is 0 Å². The molecule has 0 fully saturated rings. The Balaban J connectivity index is 1.54. The highest BCUT2D eigenvalue weighted by Crippen LogP contribution is 2.27. The van der Waals surface area contributed by atoms with Crippen molar-refractivity contribution in [3.63, 3.8) is 0 Å². The Morgan fingerprint density at radius 2 is 2.00 bits per heavy atom. The maximum absolute atomic E-state index is 6.11. The lowest BCUT2D eigenvalue weighted by atomic mass is 10.2. The normalized spacial score (nSPS) is 13.2. The third-order valence-corrected chi connectivity index (χ3v) is 5.32. The Kier molecular flexibility index (Phi) is 4.59. The lowest BCUT2D eigenvalue weighted by Crippen LogP contribution is -2.19. The van der Waals surface area contributed by atoms with Crippen molar-refractivity contribution in [2.75, 3.05) is 0 Å². The van der Waals surface area contributed by atoms with Gasteiger partial charge in [0.15, 0.2) is 0 Å². The summed E-state index contributed by atoms with van der Waals surface area (Å²) >= 11 is 15.6. The van der Waals surface area contributed by atoms with Gasteiger partial charge in [0, 0.05) is 22.8 Å². The zero-order valence-electron chi connectivity index (χ0n) is 13.1. The van der Waals surface area contributed by atoms with Crippen molar-refractivity contribution in [1.29, 1.82) is 0 Å². The number of rotatable bonds is 3. The summed E-state index contributed by atoms with van der Waals surface area (Å²) in [7, 11) is 0. The van der Waals surface area contributed by atoms with E-state index < -0.39 is 0 Å². The number of aromatic nitrogens is 2. The van der Waals surface area contributed by atoms with Gasteiger partial charge in [-0.1, -0.05) is 57.3 Å². The number of nitrogens with zero attached hydrogens (tertiary/aromatic N) is 2. The molecule has 0 aliphatic carbocycles. The van der Waals surface area contributed by atoms with E-state index in [2.05, 4.69) is 44.2 Å². The number of fused-ring (bicyclic) bond motifs is 1. The van der Waals surface area contributed by atoms with Crippen LogP contribution >= 0.6 is 39.1 Å². The van der Waals surface area contributed by atoms with E-state index in [0.717, 1.165) is 45.9 Å². The molecule has 0 spiro atoms. The number of benzene rings is 2. The van der Waals surface area contributed by atoms with Gasteiger partial charge in [0.25, 0.3) is 0 Å². The van der Waals surface area contributed by atoms with Crippen LogP contribution in [0.5, 0.6) is 0 Å². The fourth-order valence-electron chi connectivity index (χ4n) is 2.86. The van der Waals surface area contributed by atoms with Gasteiger partial charge < -0.3 is 9.88 Å². The molecule has 1 aliphatic heterocycles. The molecule has 4 rings (SSSR count). The predicted molar refractivity (Wildman–Crippen MR) is 106 cm³/mol. The molecule has 0 bridgehead atoms. The van der Waals surface area contributed by atoms with Crippen LogP contribution in [0.2, 0.25) is 10.0 Å². The maximum atomic E-state index is 6.11. The van der Waals surface area contributed by atoms with Gasteiger partial charge in [-0.2, -0.15) is 0 Å². The van der Waals surface area contributed by atoms with Crippen LogP contribution in [0.4, 0.5) is 0 Å². The molecule has 0 saturated carbocycles. The third-order valence-electron chi connectivity index (χ3n) is 4.08. The van der Waals surface area contributed by atoms with Crippen molar-refractivity contribution in [3.8, 4) is 11.4 Å². The summed E-state index contributed by atoms with van der Waals surface area (Å²) in [6.07, 6.45) is 4.14. The van der Waals surface area contributed by atoms with Crippen LogP contribution in [0.15, 0.2) is 53.1 Å². The zero-order valence-corrected chi connectivity index (χ0v) is 16.2. The molecule has 6 heteroatoms. The van der Waals surface area contributed by atoms with Crippen LogP contribution in [0.1, 0.15) is 17.0 Å². The first-order valence-electron chi connectivity index (χ1n) is 7.79. The summed E-state index contributed by atoms with van der Waals surface area (Å²) in [5.41, 5.74) is 4.27. The number of nitrogens with one attached hydrogen (secondary N) is 1. The van der Waals surface area contributed by atoms with Gasteiger partial charge in [-0.15, -0.1) is 0 Å². The molecular weight excluding hydrogens is 421 g/mol. The number of halogens is 3. The fraction of sp³-hybridized carbons (Fsp3) is 0.105. The minimum Gasteiger partial charge on any atom is -0.367 e. The minimum absolute atomic E-state index is 0.577. The summed E-state index contributed by atoms with van der Waals surface area (Å²) in [5.74, 6) is 0.882. The van der Waals surface area contributed by atoms with Gasteiger partial charge in [-0.25, -0.2) is 4.98 Å². The Bertz CT molecular complexity index is 965. The lowest BCUT2D eigenvalue weighted by molar-refractivity contribution is 0.355. The van der Waals surface area contributed by atoms with E-state index in [1.165, 1.54) is 0 Å². The standard InChI is InChI=1S/C19H14BrCl2N3/c20-14-3-1-2-13(9-14)19-23-17-6-7-25(11-18(17)24-19)10-12-4-5-15(21)16(22)8-12/h1-9H,10-11H2,(H,23,24). The first kappa shape index (κ1) is 16.7. The SMILES string of the molecule is Clc1ccc(CN2C=Cc3[nH]c(-c4cccc(Br)c4)nc3C2)cc1Cl. The van der Waals surface area contributed by atoms with Crippen LogP contribution in [0, 0.1) is 0 Å². The zero-order chi connectivity index (χ0) is 17.4. The molecular formula is C19H14BrCl2N3. The topological polar surface area (TPSA) is 31.9 Å². The molecule has 1 aromatic heterocycles. The maximum Gasteiger partial charge on any atom is 0.138 e. The second kappa shape index (κ2) is 6.87. The summed E-state index contributed by atoms with van der Waals surface area (Å²) in [4.78, 5) is 10.4. The van der Waals surface area contributed by atoms with Gasteiger partial charge in [-0.05, 0) is 35.9 Å². The predicted octanol–water partition coefficient (Wildman–Crippen LogP) is 6.13. The molecule has 25 heavy (non-hydrogen) atoms. The highest BCUT2D eigenvalue weighted by atomic mass is 79.9. The second-order valence-electron chi connectivity index (χ2n) is 5.93. The average molecular weight is 435 g/mol. The summed E-state index contributed by atoms with van der Waals surface area (Å²) in [6.45, 7) is 1.50. The minimum atomic E-state index is 0.577. The van der Waals surface area contributed by atoms with Crippen LogP contribution in [-0.4, -0.2) is 14.9 Å². The van der Waals surface area contributed by atoms with Crippen LogP contribution < -0.4 is 0 Å². The third kappa shape index (κ3) is 3.61. The molecule has 2 heterocycles. The molecule has 126 valence electrons. The molecule has 1 N–H and O–H groups in total. The van der Waals surface area contributed by atoms with E-state index in [4.69, 9.17) is 28.2 Å². The van der Waals surface area contributed by atoms with Crippen molar-refractivity contribution < 1.29 is 0 Å². The number of hydrogen-bond donors (Lipinski definition) is 1. The molecule has 2 aromatic carbocycles. The smallest absolute Gasteiger partial charge is 0.138 e. The molecule has 1 aliphatic rings. The van der Waals surface area contributed by atoms with Crippen LogP contribution in [-0.2, 0) is 13.1 Å². The quantitative estimate of drug-likeness (QED) is 0.537.